The van der Waals surface area contributed by atoms with E-state index in [0.717, 1.165) is 38.8 Å². The summed E-state index contributed by atoms with van der Waals surface area (Å²) in [6, 6.07) is 0.124. The summed E-state index contributed by atoms with van der Waals surface area (Å²) in [7, 11) is 0. The zero-order chi connectivity index (χ0) is 15.4. The van der Waals surface area contributed by atoms with Crippen molar-refractivity contribution >= 4 is 5.82 Å². The third kappa shape index (κ3) is 3.37. The molecule has 0 atom stereocenters. The molecular formula is C15H26N4O2. The molecule has 0 spiro atoms. The van der Waals surface area contributed by atoms with E-state index >= 15 is 0 Å². The van der Waals surface area contributed by atoms with E-state index in [0.29, 0.717) is 17.9 Å². The molecular weight excluding hydrogens is 268 g/mol. The number of nitrogens with one attached hydrogen (secondary N) is 1. The third-order valence-corrected chi connectivity index (χ3v) is 4.50. The first-order valence-electron chi connectivity index (χ1n) is 7.94. The van der Waals surface area contributed by atoms with Gasteiger partial charge in [-0.25, -0.2) is 4.79 Å². The van der Waals surface area contributed by atoms with E-state index in [4.69, 9.17) is 5.73 Å². The molecule has 118 valence electrons. The van der Waals surface area contributed by atoms with Crippen molar-refractivity contribution in [3.8, 4) is 0 Å². The normalized spacial score (nSPS) is 16.5. The summed E-state index contributed by atoms with van der Waals surface area (Å²) in [6.45, 7) is 6.27. The smallest absolute Gasteiger partial charge is 0.330 e. The van der Waals surface area contributed by atoms with Gasteiger partial charge in [0.1, 0.15) is 5.82 Å². The topological polar surface area (TPSA) is 84.1 Å². The van der Waals surface area contributed by atoms with Crippen molar-refractivity contribution in [3.63, 3.8) is 0 Å². The first kappa shape index (κ1) is 15.8. The summed E-state index contributed by atoms with van der Waals surface area (Å²) >= 11 is 0. The number of nitrogen functional groups attached to an aromatic ring is 1. The van der Waals surface area contributed by atoms with E-state index < -0.39 is 0 Å². The number of aromatic amines is 1. The highest BCUT2D eigenvalue weighted by molar-refractivity contribution is 5.38. The van der Waals surface area contributed by atoms with Crippen LogP contribution in [0, 0.1) is 0 Å². The van der Waals surface area contributed by atoms with Crippen LogP contribution in [0.2, 0.25) is 0 Å². The summed E-state index contributed by atoms with van der Waals surface area (Å²) < 4.78 is 1.61. The zero-order valence-electron chi connectivity index (χ0n) is 13.0. The van der Waals surface area contributed by atoms with Crippen LogP contribution in [0.15, 0.2) is 9.59 Å². The van der Waals surface area contributed by atoms with Crippen LogP contribution < -0.4 is 17.0 Å². The lowest BCUT2D eigenvalue weighted by Crippen LogP contribution is -2.39. The van der Waals surface area contributed by atoms with Gasteiger partial charge in [0.15, 0.2) is 0 Å². The van der Waals surface area contributed by atoms with Gasteiger partial charge in [0.25, 0.3) is 5.56 Å². The van der Waals surface area contributed by atoms with E-state index in [1.807, 2.05) is 13.8 Å². The first-order chi connectivity index (χ1) is 10.1. The van der Waals surface area contributed by atoms with Crippen molar-refractivity contribution in [1.29, 1.82) is 0 Å². The van der Waals surface area contributed by atoms with E-state index in [1.165, 1.54) is 6.42 Å². The average Bonchev–Trinajstić information content (AvgIpc) is 2.48. The second-order valence-electron chi connectivity index (χ2n) is 5.75. The number of nitrogens with two attached hydrogens (primary N) is 1. The van der Waals surface area contributed by atoms with Gasteiger partial charge in [-0.05, 0) is 25.9 Å². The van der Waals surface area contributed by atoms with Crippen LogP contribution in [0.5, 0.6) is 0 Å². The molecule has 1 saturated carbocycles. The quantitative estimate of drug-likeness (QED) is 0.861. The molecule has 1 aromatic heterocycles. The molecule has 1 aliphatic carbocycles. The highest BCUT2D eigenvalue weighted by atomic mass is 16.2. The van der Waals surface area contributed by atoms with Gasteiger partial charge in [0, 0.05) is 12.6 Å². The number of hydrogen-bond donors (Lipinski definition) is 2. The maximum atomic E-state index is 12.2. The summed E-state index contributed by atoms with van der Waals surface area (Å²) in [6.07, 6.45) is 5.35. The van der Waals surface area contributed by atoms with Crippen molar-refractivity contribution in [3.05, 3.63) is 26.4 Å². The Labute approximate surface area is 125 Å². The molecule has 0 saturated heterocycles. The van der Waals surface area contributed by atoms with E-state index in [-0.39, 0.29) is 17.3 Å². The lowest BCUT2D eigenvalue weighted by molar-refractivity contribution is 0.291. The molecule has 0 amide bonds. The highest BCUT2D eigenvalue weighted by Gasteiger charge is 2.22. The van der Waals surface area contributed by atoms with Crippen LogP contribution in [0.4, 0.5) is 5.82 Å². The number of nitrogens with zero attached hydrogens (tertiary/aromatic N) is 2. The Morgan fingerprint density at radius 1 is 1.19 bits per heavy atom. The Hall–Kier alpha value is -1.56. The maximum absolute atomic E-state index is 12.2. The van der Waals surface area contributed by atoms with Gasteiger partial charge in [-0.2, -0.15) is 0 Å². The molecule has 0 radical (unpaired) electrons. The van der Waals surface area contributed by atoms with E-state index in [1.54, 1.807) is 4.57 Å². The molecule has 0 unspecified atom stereocenters. The van der Waals surface area contributed by atoms with Crippen molar-refractivity contribution in [2.75, 3.05) is 18.8 Å². The Morgan fingerprint density at radius 3 is 2.38 bits per heavy atom. The molecule has 1 aliphatic rings. The molecule has 3 N–H and O–H groups in total. The Balaban J connectivity index is 2.42. The molecule has 6 nitrogen and oxygen atoms in total. The fraction of sp³-hybridized carbons (Fsp3) is 0.733. The van der Waals surface area contributed by atoms with Crippen molar-refractivity contribution in [2.45, 2.75) is 58.5 Å². The molecule has 0 aromatic carbocycles. The third-order valence-electron chi connectivity index (χ3n) is 4.50. The largest absolute Gasteiger partial charge is 0.385 e. The number of hydrogen-bond acceptors (Lipinski definition) is 4. The van der Waals surface area contributed by atoms with Gasteiger partial charge in [-0.3, -0.25) is 19.2 Å². The van der Waals surface area contributed by atoms with Gasteiger partial charge in [-0.1, -0.05) is 33.1 Å². The Kier molecular flexibility index (Phi) is 5.22. The maximum Gasteiger partial charge on any atom is 0.330 e. The summed E-state index contributed by atoms with van der Waals surface area (Å²) in [5, 5.41) is 0. The molecule has 1 aromatic rings. The van der Waals surface area contributed by atoms with Gasteiger partial charge < -0.3 is 5.73 Å². The molecule has 0 bridgehead atoms. The van der Waals surface area contributed by atoms with Crippen molar-refractivity contribution in [1.82, 2.24) is 14.5 Å². The SMILES string of the molecule is CCN(CC)Cc1c(N)n(C2CCCCC2)c(=O)[nH]c1=O. The number of anilines is 1. The molecule has 0 aliphatic heterocycles. The summed E-state index contributed by atoms with van der Waals surface area (Å²) in [5.74, 6) is 0.350. The Bertz CT molecular complexity index is 580. The fourth-order valence-electron chi connectivity index (χ4n) is 3.13. The van der Waals surface area contributed by atoms with Crippen LogP contribution in [0.3, 0.4) is 0 Å². The van der Waals surface area contributed by atoms with Crippen molar-refractivity contribution in [2.24, 2.45) is 0 Å². The fourth-order valence-corrected chi connectivity index (χ4v) is 3.13. The molecule has 2 rings (SSSR count). The van der Waals surface area contributed by atoms with Crippen LogP contribution in [-0.4, -0.2) is 27.5 Å². The standard InChI is InChI=1S/C15H26N4O2/c1-3-18(4-2)10-12-13(16)19(15(21)17-14(12)20)11-8-6-5-7-9-11/h11H,3-10,16H2,1-2H3,(H,17,20,21). The van der Waals surface area contributed by atoms with Crippen LogP contribution >= 0.6 is 0 Å². The number of aromatic nitrogens is 2. The second-order valence-corrected chi connectivity index (χ2v) is 5.75. The first-order valence-corrected chi connectivity index (χ1v) is 7.94. The minimum atomic E-state index is -0.368. The molecule has 1 fully saturated rings. The van der Waals surface area contributed by atoms with Gasteiger partial charge in [0.05, 0.1) is 5.56 Å². The van der Waals surface area contributed by atoms with Crippen molar-refractivity contribution < 1.29 is 0 Å². The highest BCUT2D eigenvalue weighted by Crippen LogP contribution is 2.28. The molecule has 6 heteroatoms. The molecule has 21 heavy (non-hydrogen) atoms. The molecule has 1 heterocycles. The van der Waals surface area contributed by atoms with E-state index in [2.05, 4.69) is 9.88 Å². The number of rotatable bonds is 5. The predicted molar refractivity (Wildman–Crippen MR) is 84.5 cm³/mol. The van der Waals surface area contributed by atoms with Gasteiger partial charge in [-0.15, -0.1) is 0 Å². The van der Waals surface area contributed by atoms with Gasteiger partial charge >= 0.3 is 5.69 Å². The Morgan fingerprint density at radius 2 is 1.81 bits per heavy atom. The van der Waals surface area contributed by atoms with Crippen LogP contribution in [-0.2, 0) is 6.54 Å². The second kappa shape index (κ2) is 6.93. The average molecular weight is 294 g/mol. The predicted octanol–water partition coefficient (Wildman–Crippen LogP) is 1.47. The number of H-pyrrole nitrogens is 1. The summed E-state index contributed by atoms with van der Waals surface area (Å²) in [5.41, 5.74) is 5.99. The summed E-state index contributed by atoms with van der Waals surface area (Å²) in [4.78, 5) is 28.8. The lowest BCUT2D eigenvalue weighted by atomic mass is 9.95. The van der Waals surface area contributed by atoms with Crippen LogP contribution in [0.1, 0.15) is 57.6 Å². The van der Waals surface area contributed by atoms with Crippen LogP contribution in [0.25, 0.3) is 0 Å². The monoisotopic (exact) mass is 294 g/mol. The van der Waals surface area contributed by atoms with Gasteiger partial charge in [0.2, 0.25) is 0 Å². The minimum absolute atomic E-state index is 0.124. The minimum Gasteiger partial charge on any atom is -0.385 e. The lowest BCUT2D eigenvalue weighted by Gasteiger charge is -2.27. The van der Waals surface area contributed by atoms with E-state index in [9.17, 15) is 9.59 Å². The zero-order valence-corrected chi connectivity index (χ0v) is 13.0.